The number of piperidine rings is 1. The van der Waals surface area contributed by atoms with Crippen LogP contribution in [0, 0.1) is 0 Å². The Bertz CT molecular complexity index is 947. The van der Waals surface area contributed by atoms with Crippen LogP contribution in [0.25, 0.3) is 22.1 Å². The molecule has 0 aliphatic carbocycles. The number of hydrogen-bond acceptors (Lipinski definition) is 5. The van der Waals surface area contributed by atoms with Gasteiger partial charge in [0.2, 0.25) is 0 Å². The van der Waals surface area contributed by atoms with E-state index in [4.69, 9.17) is 13.6 Å². The van der Waals surface area contributed by atoms with Gasteiger partial charge in [-0.15, -0.1) is 0 Å². The quantitative estimate of drug-likeness (QED) is 0.738. The second-order valence-electron chi connectivity index (χ2n) is 7.01. The number of nitrogens with one attached hydrogen (secondary N) is 1. The molecule has 0 saturated carbocycles. The highest BCUT2D eigenvalue weighted by Crippen LogP contribution is 2.31. The first-order chi connectivity index (χ1) is 12.2. The van der Waals surface area contributed by atoms with Crippen LogP contribution in [0.2, 0.25) is 0 Å². The van der Waals surface area contributed by atoms with Crippen molar-refractivity contribution in [3.05, 3.63) is 53.3 Å². The predicted molar refractivity (Wildman–Crippen MR) is 93.8 cm³/mol. The Hall–Kier alpha value is -2.53. The van der Waals surface area contributed by atoms with Crippen LogP contribution in [0.4, 0.5) is 0 Å². The second-order valence-corrected chi connectivity index (χ2v) is 7.01. The molecular weight excluding hydrogens is 318 g/mol. The van der Waals surface area contributed by atoms with Crippen molar-refractivity contribution in [1.29, 1.82) is 0 Å². The molecule has 2 saturated heterocycles. The Morgan fingerprint density at radius 3 is 2.68 bits per heavy atom. The highest BCUT2D eigenvalue weighted by molar-refractivity contribution is 5.82. The summed E-state index contributed by atoms with van der Waals surface area (Å²) in [6.45, 7) is 0. The van der Waals surface area contributed by atoms with Gasteiger partial charge in [-0.25, -0.2) is 4.79 Å². The molecule has 5 heteroatoms. The number of furan rings is 1. The summed E-state index contributed by atoms with van der Waals surface area (Å²) in [5, 5.41) is 4.48. The maximum atomic E-state index is 12.3. The minimum Gasteiger partial charge on any atom is -0.490 e. The van der Waals surface area contributed by atoms with Crippen LogP contribution in [0.3, 0.4) is 0 Å². The van der Waals surface area contributed by atoms with E-state index in [9.17, 15) is 4.79 Å². The molecular formula is C20H19NO4. The van der Waals surface area contributed by atoms with Gasteiger partial charge in [0.05, 0.1) is 18.1 Å². The van der Waals surface area contributed by atoms with E-state index >= 15 is 0 Å². The van der Waals surface area contributed by atoms with Crippen LogP contribution in [0.1, 0.15) is 25.7 Å². The topological polar surface area (TPSA) is 64.6 Å². The normalized spacial score (nSPS) is 25.4. The van der Waals surface area contributed by atoms with Crippen LogP contribution in [-0.4, -0.2) is 18.2 Å². The fraction of sp³-hybridized carbons (Fsp3) is 0.350. The van der Waals surface area contributed by atoms with Gasteiger partial charge in [0.15, 0.2) is 0 Å². The Morgan fingerprint density at radius 1 is 1.08 bits per heavy atom. The third-order valence-corrected chi connectivity index (χ3v) is 5.27. The minimum atomic E-state index is -0.369. The first kappa shape index (κ1) is 14.8. The molecule has 1 N–H and O–H groups in total. The lowest BCUT2D eigenvalue weighted by atomic mass is 10.0. The SMILES string of the molecule is O=c1oc2cc(OC3C[C@H]4CC[C@@H](C3)N4)ccc2cc1-c1ccoc1. The van der Waals surface area contributed by atoms with E-state index in [1.807, 2.05) is 24.3 Å². The first-order valence-corrected chi connectivity index (χ1v) is 8.78. The largest absolute Gasteiger partial charge is 0.490 e. The molecule has 2 bridgehead atoms. The fourth-order valence-corrected chi connectivity index (χ4v) is 4.08. The van der Waals surface area contributed by atoms with Gasteiger partial charge in [-0.3, -0.25) is 0 Å². The van der Waals surface area contributed by atoms with Crippen molar-refractivity contribution in [3.8, 4) is 16.9 Å². The molecule has 2 fully saturated rings. The van der Waals surface area contributed by atoms with E-state index in [1.54, 1.807) is 18.6 Å². The predicted octanol–water partition coefficient (Wildman–Crippen LogP) is 3.71. The van der Waals surface area contributed by atoms with Crippen molar-refractivity contribution in [3.63, 3.8) is 0 Å². The van der Waals surface area contributed by atoms with Gasteiger partial charge in [0.25, 0.3) is 0 Å². The second kappa shape index (κ2) is 5.77. The minimum absolute atomic E-state index is 0.230. The highest BCUT2D eigenvalue weighted by Gasteiger charge is 2.34. The van der Waals surface area contributed by atoms with Gasteiger partial charge in [-0.05, 0) is 49.9 Å². The van der Waals surface area contributed by atoms with E-state index in [0.717, 1.165) is 29.5 Å². The Labute approximate surface area is 144 Å². The monoisotopic (exact) mass is 337 g/mol. The molecule has 3 atom stereocenters. The maximum Gasteiger partial charge on any atom is 0.344 e. The highest BCUT2D eigenvalue weighted by atomic mass is 16.5. The molecule has 4 heterocycles. The fourth-order valence-electron chi connectivity index (χ4n) is 4.08. The van der Waals surface area contributed by atoms with Crippen molar-refractivity contribution in [2.45, 2.75) is 43.9 Å². The zero-order chi connectivity index (χ0) is 16.8. The van der Waals surface area contributed by atoms with Crippen molar-refractivity contribution in [2.24, 2.45) is 0 Å². The molecule has 25 heavy (non-hydrogen) atoms. The molecule has 2 aromatic heterocycles. The third kappa shape index (κ3) is 2.74. The molecule has 2 aliphatic rings. The number of ether oxygens (including phenoxy) is 1. The van der Waals surface area contributed by atoms with Gasteiger partial charge in [0, 0.05) is 29.1 Å². The molecule has 0 amide bonds. The van der Waals surface area contributed by atoms with Crippen molar-refractivity contribution >= 4 is 11.0 Å². The molecule has 3 aromatic rings. The van der Waals surface area contributed by atoms with Crippen molar-refractivity contribution in [2.75, 3.05) is 0 Å². The Balaban J connectivity index is 1.44. The smallest absolute Gasteiger partial charge is 0.344 e. The zero-order valence-electron chi connectivity index (χ0n) is 13.7. The average Bonchev–Trinajstić information content (AvgIpc) is 3.24. The lowest BCUT2D eigenvalue weighted by Gasteiger charge is -2.29. The van der Waals surface area contributed by atoms with Gasteiger partial charge in [-0.2, -0.15) is 0 Å². The van der Waals surface area contributed by atoms with Crippen LogP contribution in [0.5, 0.6) is 5.75 Å². The van der Waals surface area contributed by atoms with Crippen molar-refractivity contribution < 1.29 is 13.6 Å². The lowest BCUT2D eigenvalue weighted by molar-refractivity contribution is 0.137. The van der Waals surface area contributed by atoms with Gasteiger partial charge in [-0.1, -0.05) is 0 Å². The van der Waals surface area contributed by atoms with Crippen LogP contribution >= 0.6 is 0 Å². The molecule has 2 aliphatic heterocycles. The average molecular weight is 337 g/mol. The molecule has 0 radical (unpaired) electrons. The third-order valence-electron chi connectivity index (χ3n) is 5.27. The van der Waals surface area contributed by atoms with Crippen LogP contribution in [-0.2, 0) is 0 Å². The number of rotatable bonds is 3. The molecule has 5 nitrogen and oxygen atoms in total. The molecule has 1 unspecified atom stereocenters. The first-order valence-electron chi connectivity index (χ1n) is 8.78. The summed E-state index contributed by atoms with van der Waals surface area (Å²) in [4.78, 5) is 12.3. The van der Waals surface area contributed by atoms with E-state index in [-0.39, 0.29) is 11.7 Å². The molecule has 1 aromatic carbocycles. The summed E-state index contributed by atoms with van der Waals surface area (Å²) < 4.78 is 16.7. The number of benzene rings is 1. The van der Waals surface area contributed by atoms with Gasteiger partial charge in [0.1, 0.15) is 17.4 Å². The van der Waals surface area contributed by atoms with Crippen LogP contribution < -0.4 is 15.7 Å². The van der Waals surface area contributed by atoms with Crippen molar-refractivity contribution in [1.82, 2.24) is 5.32 Å². The molecule has 128 valence electrons. The van der Waals surface area contributed by atoms with Gasteiger partial charge < -0.3 is 18.9 Å². The summed E-state index contributed by atoms with van der Waals surface area (Å²) in [7, 11) is 0. The molecule has 0 spiro atoms. The maximum absolute atomic E-state index is 12.3. The number of hydrogen-bond donors (Lipinski definition) is 1. The summed E-state index contributed by atoms with van der Waals surface area (Å²) in [6.07, 6.45) is 7.88. The van der Waals surface area contributed by atoms with E-state index in [2.05, 4.69) is 5.32 Å². The lowest BCUT2D eigenvalue weighted by Crippen LogP contribution is -2.42. The Kier molecular flexibility index (Phi) is 3.41. The standard InChI is InChI=1S/C20H19NO4/c22-20-18(13-5-6-23-11-13)7-12-1-4-16(10-19(12)25-20)24-17-8-14-2-3-15(9-17)21-14/h1,4-7,10-11,14-15,17,21H,2-3,8-9H2/t14-,15+,17?. The van der Waals surface area contributed by atoms with Crippen LogP contribution in [0.15, 0.2) is 56.5 Å². The van der Waals surface area contributed by atoms with E-state index in [0.29, 0.717) is 23.2 Å². The Morgan fingerprint density at radius 2 is 1.92 bits per heavy atom. The summed E-state index contributed by atoms with van der Waals surface area (Å²) >= 11 is 0. The molecule has 5 rings (SSSR count). The zero-order valence-corrected chi connectivity index (χ0v) is 13.7. The van der Waals surface area contributed by atoms with Gasteiger partial charge >= 0.3 is 5.63 Å². The summed E-state index contributed by atoms with van der Waals surface area (Å²) in [6, 6.07) is 10.5. The number of fused-ring (bicyclic) bond motifs is 3. The van der Waals surface area contributed by atoms with E-state index in [1.165, 1.54) is 12.8 Å². The summed E-state index contributed by atoms with van der Waals surface area (Å²) in [5.74, 6) is 0.762. The summed E-state index contributed by atoms with van der Waals surface area (Å²) in [5.41, 5.74) is 1.41. The van der Waals surface area contributed by atoms with E-state index < -0.39 is 0 Å².